The first kappa shape index (κ1) is 15.4. The number of halogens is 1. The van der Waals surface area contributed by atoms with Gasteiger partial charge in [0.15, 0.2) is 0 Å². The summed E-state index contributed by atoms with van der Waals surface area (Å²) in [4.78, 5) is 34.0. The van der Waals surface area contributed by atoms with Crippen LogP contribution in [0.1, 0.15) is 42.2 Å². The molecule has 4 N–H and O–H groups in total. The van der Waals surface area contributed by atoms with Crippen LogP contribution in [0.5, 0.6) is 0 Å². The fourth-order valence-electron chi connectivity index (χ4n) is 2.06. The fourth-order valence-corrected chi connectivity index (χ4v) is 2.27. The summed E-state index contributed by atoms with van der Waals surface area (Å²) in [6.45, 7) is 0. The topological polar surface area (TPSA) is 114 Å². The van der Waals surface area contributed by atoms with Gasteiger partial charge in [-0.15, -0.1) is 0 Å². The Kier molecular flexibility index (Phi) is 4.52. The molecule has 1 fully saturated rings. The van der Waals surface area contributed by atoms with Crippen LogP contribution in [0.2, 0.25) is 5.02 Å². The fraction of sp³-hybridized carbons (Fsp3) is 0.462. The smallest absolute Gasteiger partial charge is 0.326 e. The first-order valence-corrected chi connectivity index (χ1v) is 6.95. The van der Waals surface area contributed by atoms with Gasteiger partial charge in [-0.1, -0.05) is 11.6 Å². The van der Waals surface area contributed by atoms with Gasteiger partial charge in [-0.3, -0.25) is 9.59 Å². The number of nitrogens with one attached hydrogen (secondary N) is 1. The number of aromatic nitrogens is 1. The van der Waals surface area contributed by atoms with E-state index in [2.05, 4.69) is 5.32 Å². The Balaban J connectivity index is 2.08. The molecule has 1 aliphatic carbocycles. The Labute approximate surface area is 126 Å². The van der Waals surface area contributed by atoms with Crippen LogP contribution in [0, 0.1) is 0 Å². The van der Waals surface area contributed by atoms with Crippen LogP contribution >= 0.6 is 11.6 Å². The van der Waals surface area contributed by atoms with Gasteiger partial charge in [0.25, 0.3) is 5.91 Å². The highest BCUT2D eigenvalue weighted by atomic mass is 35.5. The van der Waals surface area contributed by atoms with Crippen LogP contribution in [0.25, 0.3) is 0 Å². The minimum absolute atomic E-state index is 0.0473. The largest absolute Gasteiger partial charge is 0.480 e. The molecule has 1 aromatic rings. The second-order valence-electron chi connectivity index (χ2n) is 5.05. The maximum atomic E-state index is 12.2. The monoisotopic (exact) mass is 313 g/mol. The standard InChI is InChI=1S/C13H16ClN3O4/c14-7-5-10(17(6-7)8-1-2-8)12(19)16-9(13(20)21)3-4-11(15)18/h5-6,8-9H,1-4H2,(H2,15,18)(H,16,19)(H,20,21)/t9-/m1/s1. The molecule has 0 saturated heterocycles. The third kappa shape index (κ3) is 3.98. The molecular weight excluding hydrogens is 298 g/mol. The van der Waals surface area contributed by atoms with E-state index in [0.717, 1.165) is 12.8 Å². The highest BCUT2D eigenvalue weighted by molar-refractivity contribution is 6.31. The highest BCUT2D eigenvalue weighted by Gasteiger charge is 2.29. The third-order valence-corrected chi connectivity index (χ3v) is 3.48. The van der Waals surface area contributed by atoms with Crippen molar-refractivity contribution in [2.45, 2.75) is 37.8 Å². The quantitative estimate of drug-likeness (QED) is 0.694. The van der Waals surface area contributed by atoms with Crippen LogP contribution in [0.4, 0.5) is 0 Å². The van der Waals surface area contributed by atoms with Crippen molar-refractivity contribution in [3.8, 4) is 0 Å². The number of carboxylic acids is 1. The van der Waals surface area contributed by atoms with E-state index < -0.39 is 23.8 Å². The van der Waals surface area contributed by atoms with Crippen molar-refractivity contribution in [3.63, 3.8) is 0 Å². The summed E-state index contributed by atoms with van der Waals surface area (Å²) in [6.07, 6.45) is 3.44. The van der Waals surface area contributed by atoms with Crippen molar-refractivity contribution < 1.29 is 19.5 Å². The van der Waals surface area contributed by atoms with Gasteiger partial charge < -0.3 is 20.7 Å². The molecule has 1 aromatic heterocycles. The van der Waals surface area contributed by atoms with Gasteiger partial charge in [-0.05, 0) is 25.3 Å². The van der Waals surface area contributed by atoms with Gasteiger partial charge in [0.1, 0.15) is 11.7 Å². The molecular formula is C13H16ClN3O4. The predicted octanol–water partition coefficient (Wildman–Crippen LogP) is 0.925. The summed E-state index contributed by atoms with van der Waals surface area (Å²) >= 11 is 5.90. The lowest BCUT2D eigenvalue weighted by Gasteiger charge is -2.14. The van der Waals surface area contributed by atoms with Crippen molar-refractivity contribution in [3.05, 3.63) is 23.0 Å². The number of rotatable bonds is 7. The van der Waals surface area contributed by atoms with E-state index in [-0.39, 0.29) is 18.9 Å². The molecule has 114 valence electrons. The molecule has 1 aliphatic rings. The minimum Gasteiger partial charge on any atom is -0.480 e. The summed E-state index contributed by atoms with van der Waals surface area (Å²) < 4.78 is 1.75. The van der Waals surface area contributed by atoms with Crippen LogP contribution < -0.4 is 11.1 Å². The predicted molar refractivity (Wildman–Crippen MR) is 75.0 cm³/mol. The zero-order valence-corrected chi connectivity index (χ0v) is 12.0. The van der Waals surface area contributed by atoms with E-state index in [1.165, 1.54) is 6.07 Å². The molecule has 2 amide bonds. The third-order valence-electron chi connectivity index (χ3n) is 3.27. The second-order valence-corrected chi connectivity index (χ2v) is 5.49. The first-order chi connectivity index (χ1) is 9.88. The minimum atomic E-state index is -1.21. The summed E-state index contributed by atoms with van der Waals surface area (Å²) in [5.41, 5.74) is 5.32. The number of hydrogen-bond donors (Lipinski definition) is 3. The second kappa shape index (κ2) is 6.17. The van der Waals surface area contributed by atoms with Gasteiger partial charge in [0.2, 0.25) is 5.91 Å². The Morgan fingerprint density at radius 1 is 1.48 bits per heavy atom. The highest BCUT2D eigenvalue weighted by Crippen LogP contribution is 2.37. The molecule has 0 aromatic carbocycles. The lowest BCUT2D eigenvalue weighted by Crippen LogP contribution is -2.42. The number of amides is 2. The zero-order valence-electron chi connectivity index (χ0n) is 11.2. The number of nitrogens with two attached hydrogens (primary N) is 1. The number of carbonyl (C=O) groups excluding carboxylic acids is 2. The van der Waals surface area contributed by atoms with Crippen LogP contribution in [-0.4, -0.2) is 33.5 Å². The summed E-state index contributed by atoms with van der Waals surface area (Å²) in [7, 11) is 0. The Hall–Kier alpha value is -2.02. The molecule has 0 radical (unpaired) electrons. The van der Waals surface area contributed by atoms with Crippen molar-refractivity contribution >= 4 is 29.4 Å². The molecule has 2 rings (SSSR count). The average Bonchev–Trinajstić information content (AvgIpc) is 3.16. The molecule has 0 bridgehead atoms. The maximum absolute atomic E-state index is 12.2. The van der Waals surface area contributed by atoms with Gasteiger partial charge in [-0.25, -0.2) is 4.79 Å². The van der Waals surface area contributed by atoms with E-state index in [9.17, 15) is 14.4 Å². The van der Waals surface area contributed by atoms with Gasteiger partial charge in [0, 0.05) is 18.7 Å². The number of hydrogen-bond acceptors (Lipinski definition) is 3. The lowest BCUT2D eigenvalue weighted by molar-refractivity contribution is -0.139. The summed E-state index contributed by atoms with van der Waals surface area (Å²) in [5, 5.41) is 11.9. The number of carbonyl (C=O) groups is 3. The molecule has 1 heterocycles. The zero-order chi connectivity index (χ0) is 15.6. The number of nitrogens with zero attached hydrogens (tertiary/aromatic N) is 1. The molecule has 0 aliphatic heterocycles. The molecule has 0 unspecified atom stereocenters. The Morgan fingerprint density at radius 3 is 2.67 bits per heavy atom. The van der Waals surface area contributed by atoms with Crippen molar-refractivity contribution in [2.24, 2.45) is 5.73 Å². The SMILES string of the molecule is NC(=O)CC[C@@H](NC(=O)c1cc(Cl)cn1C1CC1)C(=O)O. The number of carboxylic acid groups (broad SMARTS) is 1. The van der Waals surface area contributed by atoms with Crippen molar-refractivity contribution in [2.75, 3.05) is 0 Å². The summed E-state index contributed by atoms with van der Waals surface area (Å²) in [6, 6.07) is 0.584. The lowest BCUT2D eigenvalue weighted by atomic mass is 10.1. The van der Waals surface area contributed by atoms with Gasteiger partial charge in [-0.2, -0.15) is 0 Å². The Bertz CT molecular complexity index is 580. The van der Waals surface area contributed by atoms with E-state index in [0.29, 0.717) is 10.7 Å². The van der Waals surface area contributed by atoms with E-state index in [1.807, 2.05) is 0 Å². The normalized spacial score (nSPS) is 15.5. The summed E-state index contributed by atoms with van der Waals surface area (Å²) in [5.74, 6) is -2.34. The number of primary amides is 1. The molecule has 7 nitrogen and oxygen atoms in total. The molecule has 1 atom stereocenters. The van der Waals surface area contributed by atoms with Crippen LogP contribution in [-0.2, 0) is 9.59 Å². The Morgan fingerprint density at radius 2 is 2.14 bits per heavy atom. The van der Waals surface area contributed by atoms with Gasteiger partial charge >= 0.3 is 5.97 Å². The van der Waals surface area contributed by atoms with Crippen LogP contribution in [0.15, 0.2) is 12.3 Å². The average molecular weight is 314 g/mol. The molecule has 8 heteroatoms. The molecule has 21 heavy (non-hydrogen) atoms. The van der Waals surface area contributed by atoms with Crippen molar-refractivity contribution in [1.29, 1.82) is 0 Å². The van der Waals surface area contributed by atoms with E-state index in [4.69, 9.17) is 22.4 Å². The first-order valence-electron chi connectivity index (χ1n) is 6.58. The number of aliphatic carboxylic acids is 1. The molecule has 1 saturated carbocycles. The van der Waals surface area contributed by atoms with E-state index in [1.54, 1.807) is 10.8 Å². The van der Waals surface area contributed by atoms with Gasteiger partial charge in [0.05, 0.1) is 5.02 Å². The molecule has 0 spiro atoms. The van der Waals surface area contributed by atoms with Crippen LogP contribution in [0.3, 0.4) is 0 Å². The van der Waals surface area contributed by atoms with Crippen molar-refractivity contribution in [1.82, 2.24) is 9.88 Å². The van der Waals surface area contributed by atoms with E-state index >= 15 is 0 Å². The maximum Gasteiger partial charge on any atom is 0.326 e.